The number of aliphatic hydroxyl groups excluding tert-OH is 1. The van der Waals surface area contributed by atoms with Gasteiger partial charge in [0.2, 0.25) is 0 Å². The zero-order valence-electron chi connectivity index (χ0n) is 14.8. The summed E-state index contributed by atoms with van der Waals surface area (Å²) in [5.74, 6) is 1.34. The van der Waals surface area contributed by atoms with Crippen molar-refractivity contribution >= 4 is 11.6 Å². The van der Waals surface area contributed by atoms with Crippen LogP contribution < -0.4 is 4.74 Å². The molecule has 4 atom stereocenters. The number of likely N-dealkylation sites (N-methyl/N-ethyl adjacent to an activating group) is 1. The van der Waals surface area contributed by atoms with Gasteiger partial charge in [-0.2, -0.15) is 0 Å². The number of halogens is 1. The third-order valence-corrected chi connectivity index (χ3v) is 6.78. The van der Waals surface area contributed by atoms with E-state index in [0.29, 0.717) is 23.0 Å². The van der Waals surface area contributed by atoms with E-state index in [1.807, 2.05) is 0 Å². The number of fused-ring (bicyclic) bond motifs is 1. The molecule has 0 spiro atoms. The number of piperidine rings is 1. The van der Waals surface area contributed by atoms with Gasteiger partial charge in [-0.25, -0.2) is 0 Å². The SMILES string of the molecule is COC1=C[C@H]2[C@H]3Cc4c(Cl)cc(OC)c(O)c4[C@@]2(CCN3C)CC1O. The van der Waals surface area contributed by atoms with Crippen molar-refractivity contribution in [2.45, 2.75) is 36.8 Å². The van der Waals surface area contributed by atoms with Crippen LogP contribution in [0.25, 0.3) is 0 Å². The highest BCUT2D eigenvalue weighted by Gasteiger charge is 2.56. The number of hydrogen-bond donors (Lipinski definition) is 2. The van der Waals surface area contributed by atoms with Crippen LogP contribution in [0.5, 0.6) is 11.5 Å². The Morgan fingerprint density at radius 3 is 2.76 bits per heavy atom. The van der Waals surface area contributed by atoms with Crippen molar-refractivity contribution in [3.05, 3.63) is 34.1 Å². The number of hydrogen-bond acceptors (Lipinski definition) is 5. The molecule has 2 bridgehead atoms. The average molecular weight is 366 g/mol. The lowest BCUT2D eigenvalue weighted by Gasteiger charge is -2.57. The number of likely N-dealkylation sites (tertiary alicyclic amines) is 1. The quantitative estimate of drug-likeness (QED) is 0.843. The topological polar surface area (TPSA) is 62.2 Å². The summed E-state index contributed by atoms with van der Waals surface area (Å²) in [6.07, 6.45) is 3.51. The molecule has 1 heterocycles. The molecule has 6 heteroatoms. The molecule has 136 valence electrons. The van der Waals surface area contributed by atoms with E-state index < -0.39 is 6.10 Å². The second-order valence-corrected chi connectivity index (χ2v) is 7.85. The van der Waals surface area contributed by atoms with Crippen molar-refractivity contribution in [1.29, 1.82) is 0 Å². The van der Waals surface area contributed by atoms with E-state index in [-0.39, 0.29) is 23.1 Å². The van der Waals surface area contributed by atoms with Crippen LogP contribution in [0.15, 0.2) is 17.9 Å². The third-order valence-electron chi connectivity index (χ3n) is 6.44. The molecule has 1 aromatic rings. The van der Waals surface area contributed by atoms with Gasteiger partial charge in [0.25, 0.3) is 0 Å². The summed E-state index contributed by atoms with van der Waals surface area (Å²) >= 11 is 6.57. The van der Waals surface area contributed by atoms with Gasteiger partial charge in [-0.15, -0.1) is 0 Å². The predicted molar refractivity (Wildman–Crippen MR) is 95.3 cm³/mol. The first kappa shape index (κ1) is 17.0. The highest BCUT2D eigenvalue weighted by molar-refractivity contribution is 6.31. The maximum absolute atomic E-state index is 10.9. The summed E-state index contributed by atoms with van der Waals surface area (Å²) in [4.78, 5) is 2.35. The molecule has 0 radical (unpaired) electrons. The molecular formula is C19H24ClNO4. The summed E-state index contributed by atoms with van der Waals surface area (Å²) < 4.78 is 10.8. The summed E-state index contributed by atoms with van der Waals surface area (Å²) in [6, 6.07) is 1.96. The molecule has 3 aliphatic rings. The molecule has 0 saturated carbocycles. The Kier molecular flexibility index (Phi) is 3.94. The van der Waals surface area contributed by atoms with Crippen LogP contribution >= 0.6 is 11.6 Å². The van der Waals surface area contributed by atoms with E-state index in [2.05, 4.69) is 18.0 Å². The molecule has 0 amide bonds. The van der Waals surface area contributed by atoms with E-state index >= 15 is 0 Å². The van der Waals surface area contributed by atoms with Crippen molar-refractivity contribution in [3.63, 3.8) is 0 Å². The molecule has 0 aromatic heterocycles. The number of phenolic OH excluding ortho intramolecular Hbond substituents is 1. The van der Waals surface area contributed by atoms with Crippen molar-refractivity contribution in [3.8, 4) is 11.5 Å². The maximum atomic E-state index is 10.9. The molecule has 2 N–H and O–H groups in total. The fraction of sp³-hybridized carbons (Fsp3) is 0.579. The van der Waals surface area contributed by atoms with Crippen LogP contribution in [0.4, 0.5) is 0 Å². The summed E-state index contributed by atoms with van der Waals surface area (Å²) in [5, 5.41) is 22.2. The molecule has 2 aliphatic carbocycles. The second-order valence-electron chi connectivity index (χ2n) is 7.44. The number of phenols is 1. The van der Waals surface area contributed by atoms with Crippen LogP contribution in [-0.2, 0) is 16.6 Å². The molecule has 1 aliphatic heterocycles. The standard InChI is InChI=1S/C19H24ClNO4/c1-21-5-4-19-9-14(22)15(24-2)7-11(19)13(21)6-10-12(20)8-16(25-3)18(23)17(10)19/h7-8,11,13-14,22-23H,4-6,9H2,1-3H3/t11-,13+,14?,19-/m0/s1. The summed E-state index contributed by atoms with van der Waals surface area (Å²) in [5.41, 5.74) is 1.49. The highest BCUT2D eigenvalue weighted by atomic mass is 35.5. The monoisotopic (exact) mass is 365 g/mol. The molecule has 1 unspecified atom stereocenters. The van der Waals surface area contributed by atoms with Crippen molar-refractivity contribution in [1.82, 2.24) is 4.90 Å². The maximum Gasteiger partial charge on any atom is 0.162 e. The Bertz CT molecular complexity index is 749. The minimum absolute atomic E-state index is 0.158. The Balaban J connectivity index is 1.99. The largest absolute Gasteiger partial charge is 0.504 e. The number of nitrogens with zero attached hydrogens (tertiary/aromatic N) is 1. The van der Waals surface area contributed by atoms with Gasteiger partial charge in [0, 0.05) is 34.0 Å². The van der Waals surface area contributed by atoms with Gasteiger partial charge in [-0.05, 0) is 44.5 Å². The normalized spacial score (nSPS) is 34.0. The number of aromatic hydroxyl groups is 1. The van der Waals surface area contributed by atoms with Gasteiger partial charge in [-0.3, -0.25) is 0 Å². The lowest BCUT2D eigenvalue weighted by Crippen LogP contribution is -2.60. The van der Waals surface area contributed by atoms with Gasteiger partial charge < -0.3 is 24.6 Å². The van der Waals surface area contributed by atoms with Crippen molar-refractivity contribution < 1.29 is 19.7 Å². The summed E-state index contributed by atoms with van der Waals surface area (Å²) in [7, 11) is 5.26. The third kappa shape index (κ3) is 2.22. The Labute approximate surface area is 152 Å². The molecular weight excluding hydrogens is 342 g/mol. The zero-order chi connectivity index (χ0) is 17.9. The van der Waals surface area contributed by atoms with E-state index in [4.69, 9.17) is 21.1 Å². The first-order valence-corrected chi connectivity index (χ1v) is 9.03. The summed E-state index contributed by atoms with van der Waals surface area (Å²) in [6.45, 7) is 0.914. The average Bonchev–Trinajstić information content (AvgIpc) is 2.59. The van der Waals surface area contributed by atoms with Crippen molar-refractivity contribution in [2.24, 2.45) is 5.92 Å². The van der Waals surface area contributed by atoms with Crippen LogP contribution in [0.1, 0.15) is 24.0 Å². The minimum atomic E-state index is -0.680. The minimum Gasteiger partial charge on any atom is -0.504 e. The Hall–Kier alpha value is -1.43. The van der Waals surface area contributed by atoms with Gasteiger partial charge in [0.05, 0.1) is 14.2 Å². The lowest BCUT2D eigenvalue weighted by molar-refractivity contribution is -0.00379. The van der Waals surface area contributed by atoms with Crippen molar-refractivity contribution in [2.75, 3.05) is 27.8 Å². The Morgan fingerprint density at radius 1 is 1.32 bits per heavy atom. The highest BCUT2D eigenvalue weighted by Crippen LogP contribution is 2.59. The smallest absolute Gasteiger partial charge is 0.162 e. The van der Waals surface area contributed by atoms with E-state index in [1.165, 1.54) is 7.11 Å². The molecule has 5 nitrogen and oxygen atoms in total. The molecule has 1 fully saturated rings. The Morgan fingerprint density at radius 2 is 2.08 bits per heavy atom. The van der Waals surface area contributed by atoms with E-state index in [9.17, 15) is 10.2 Å². The van der Waals surface area contributed by atoms with Crippen LogP contribution in [0.2, 0.25) is 5.02 Å². The molecule has 4 rings (SSSR count). The van der Waals surface area contributed by atoms with E-state index in [1.54, 1.807) is 13.2 Å². The van der Waals surface area contributed by atoms with Gasteiger partial charge in [0.15, 0.2) is 11.5 Å². The number of rotatable bonds is 2. The zero-order valence-corrected chi connectivity index (χ0v) is 15.5. The van der Waals surface area contributed by atoms with Crippen LogP contribution in [-0.4, -0.2) is 55.1 Å². The number of ether oxygens (including phenoxy) is 2. The second kappa shape index (κ2) is 5.79. The van der Waals surface area contributed by atoms with E-state index in [0.717, 1.165) is 30.5 Å². The van der Waals surface area contributed by atoms with Gasteiger partial charge in [-0.1, -0.05) is 11.6 Å². The fourth-order valence-electron chi connectivity index (χ4n) is 5.23. The number of benzene rings is 1. The fourth-order valence-corrected chi connectivity index (χ4v) is 5.50. The lowest BCUT2D eigenvalue weighted by atomic mass is 9.53. The van der Waals surface area contributed by atoms with Gasteiger partial charge >= 0.3 is 0 Å². The first-order chi connectivity index (χ1) is 11.9. The molecule has 25 heavy (non-hydrogen) atoms. The van der Waals surface area contributed by atoms with Crippen LogP contribution in [0, 0.1) is 5.92 Å². The molecule has 1 aromatic carbocycles. The molecule has 1 saturated heterocycles. The number of aliphatic hydroxyl groups is 1. The van der Waals surface area contributed by atoms with Crippen LogP contribution in [0.3, 0.4) is 0 Å². The first-order valence-electron chi connectivity index (χ1n) is 8.65. The van der Waals surface area contributed by atoms with Gasteiger partial charge in [0.1, 0.15) is 11.9 Å². The predicted octanol–water partition coefficient (Wildman–Crippen LogP) is 2.46. The number of methoxy groups -OCH3 is 2.